The van der Waals surface area contributed by atoms with Crippen molar-refractivity contribution in [3.63, 3.8) is 0 Å². The largest absolute Gasteiger partial charge is 0.352 e. The molecule has 2 atom stereocenters. The van der Waals surface area contributed by atoms with E-state index in [2.05, 4.69) is 20.7 Å². The highest BCUT2D eigenvalue weighted by Crippen LogP contribution is 2.30. The minimum atomic E-state index is -2.63. The quantitative estimate of drug-likeness (QED) is 0.870. The van der Waals surface area contributed by atoms with Crippen molar-refractivity contribution in [3.8, 4) is 6.07 Å². The first-order chi connectivity index (χ1) is 11.9. The summed E-state index contributed by atoms with van der Waals surface area (Å²) in [7, 11) is 0. The van der Waals surface area contributed by atoms with Crippen LogP contribution < -0.4 is 10.6 Å². The molecule has 3 rings (SSSR count). The Kier molecular flexibility index (Phi) is 4.55. The molecule has 0 aliphatic carbocycles. The zero-order valence-electron chi connectivity index (χ0n) is 13.0. The summed E-state index contributed by atoms with van der Waals surface area (Å²) in [5.74, 6) is -0.880. The molecule has 0 spiro atoms. The molecule has 25 heavy (non-hydrogen) atoms. The first-order valence-corrected chi connectivity index (χ1v) is 7.79. The van der Waals surface area contributed by atoms with Gasteiger partial charge in [-0.05, 0) is 31.5 Å². The van der Waals surface area contributed by atoms with Crippen molar-refractivity contribution >= 4 is 29.1 Å². The van der Waals surface area contributed by atoms with E-state index in [9.17, 15) is 13.6 Å². The molecule has 0 fully saturated rings. The molecule has 10 heteroatoms. The second-order valence-corrected chi connectivity index (χ2v) is 6.08. The molecule has 0 saturated heterocycles. The Morgan fingerprint density at radius 1 is 1.56 bits per heavy atom. The molecule has 1 aliphatic rings. The van der Waals surface area contributed by atoms with Crippen molar-refractivity contribution in [3.05, 3.63) is 34.6 Å². The predicted octanol–water partition coefficient (Wildman–Crippen LogP) is 3.07. The highest BCUT2D eigenvalue weighted by atomic mass is 35.5. The Bertz CT molecular complexity index is 862. The van der Waals surface area contributed by atoms with E-state index in [4.69, 9.17) is 16.9 Å². The highest BCUT2D eigenvalue weighted by Gasteiger charge is 2.34. The van der Waals surface area contributed by atoms with Crippen LogP contribution in [0.5, 0.6) is 0 Å². The zero-order chi connectivity index (χ0) is 18.1. The van der Waals surface area contributed by atoms with Gasteiger partial charge in [0.25, 0.3) is 12.3 Å². The van der Waals surface area contributed by atoms with Crippen molar-refractivity contribution in [1.82, 2.24) is 14.8 Å². The number of benzene rings is 1. The van der Waals surface area contributed by atoms with Gasteiger partial charge < -0.3 is 10.6 Å². The minimum Gasteiger partial charge on any atom is -0.352 e. The lowest BCUT2D eigenvalue weighted by atomic mass is 10.1. The van der Waals surface area contributed by atoms with E-state index < -0.39 is 18.4 Å². The number of rotatable bonds is 3. The fraction of sp³-hybridized carbons (Fsp3) is 0.333. The van der Waals surface area contributed by atoms with Crippen LogP contribution in [-0.2, 0) is 0 Å². The van der Waals surface area contributed by atoms with Gasteiger partial charge in [0.2, 0.25) is 11.8 Å². The third-order valence-corrected chi connectivity index (χ3v) is 4.00. The maximum Gasteiger partial charge on any atom is 0.295 e. The highest BCUT2D eigenvalue weighted by molar-refractivity contribution is 6.31. The summed E-state index contributed by atoms with van der Waals surface area (Å²) in [5, 5.41) is 18.7. The fourth-order valence-electron chi connectivity index (χ4n) is 2.60. The van der Waals surface area contributed by atoms with Crippen molar-refractivity contribution in [2.75, 3.05) is 10.6 Å². The van der Waals surface area contributed by atoms with Crippen LogP contribution in [-0.4, -0.2) is 33.1 Å². The summed E-state index contributed by atoms with van der Waals surface area (Å²) in [6.07, 6.45) is -2.46. The molecular weight excluding hydrogens is 354 g/mol. The molecule has 2 aromatic rings. The molecule has 0 saturated carbocycles. The Morgan fingerprint density at radius 2 is 2.32 bits per heavy atom. The fourth-order valence-corrected chi connectivity index (χ4v) is 2.77. The SMILES string of the molecule is C[C@@H]1C[C@H](C(F)F)n2nc(C(=O)Nc3cc(Cl)ccc3C#N)nc2N1. The van der Waals surface area contributed by atoms with Crippen molar-refractivity contribution < 1.29 is 13.6 Å². The number of nitriles is 1. The number of hydrogen-bond acceptors (Lipinski definition) is 5. The number of carbonyl (C=O) groups excluding carboxylic acids is 1. The summed E-state index contributed by atoms with van der Waals surface area (Å²) in [6.45, 7) is 1.75. The van der Waals surface area contributed by atoms with Gasteiger partial charge >= 0.3 is 0 Å². The van der Waals surface area contributed by atoms with E-state index in [-0.39, 0.29) is 35.5 Å². The second-order valence-electron chi connectivity index (χ2n) is 5.64. The van der Waals surface area contributed by atoms with E-state index in [1.807, 2.05) is 6.07 Å². The Labute approximate surface area is 146 Å². The Morgan fingerprint density at radius 3 is 3.00 bits per heavy atom. The number of anilines is 2. The van der Waals surface area contributed by atoms with Crippen LogP contribution in [0.1, 0.15) is 35.6 Å². The second kappa shape index (κ2) is 6.64. The lowest BCUT2D eigenvalue weighted by molar-refractivity contribution is 0.0662. The topological polar surface area (TPSA) is 95.6 Å². The van der Waals surface area contributed by atoms with Crippen LogP contribution in [0.2, 0.25) is 5.02 Å². The van der Waals surface area contributed by atoms with Crippen molar-refractivity contribution in [1.29, 1.82) is 5.26 Å². The van der Waals surface area contributed by atoms with Crippen LogP contribution in [0.3, 0.4) is 0 Å². The molecule has 0 bridgehead atoms. The van der Waals surface area contributed by atoms with Crippen LogP contribution in [0.4, 0.5) is 20.4 Å². The standard InChI is InChI=1S/C15H13ClF2N6O/c1-7-4-11(12(17)18)24-15(20-7)22-13(23-24)14(25)21-10-5-9(16)3-2-8(10)6-19/h2-3,5,7,11-12H,4H2,1H3,(H,21,25)(H,20,22,23)/t7-,11-/m1/s1. The average Bonchev–Trinajstić information content (AvgIpc) is 2.98. The third kappa shape index (κ3) is 3.39. The van der Waals surface area contributed by atoms with E-state index in [1.165, 1.54) is 18.2 Å². The molecule has 1 aromatic carbocycles. The summed E-state index contributed by atoms with van der Waals surface area (Å²) in [6, 6.07) is 4.94. The van der Waals surface area contributed by atoms with Gasteiger partial charge in [0.15, 0.2) is 0 Å². The lowest BCUT2D eigenvalue weighted by Crippen LogP contribution is -2.33. The Balaban J connectivity index is 1.89. The van der Waals surface area contributed by atoms with Crippen molar-refractivity contribution in [2.45, 2.75) is 31.9 Å². The van der Waals surface area contributed by atoms with Gasteiger partial charge in [0.05, 0.1) is 11.3 Å². The van der Waals surface area contributed by atoms with Crippen molar-refractivity contribution in [2.24, 2.45) is 0 Å². The normalized spacial score (nSPS) is 19.0. The lowest BCUT2D eigenvalue weighted by Gasteiger charge is -2.28. The molecule has 130 valence electrons. The van der Waals surface area contributed by atoms with Gasteiger partial charge in [-0.15, -0.1) is 5.10 Å². The summed E-state index contributed by atoms with van der Waals surface area (Å²) < 4.78 is 27.4. The van der Waals surface area contributed by atoms with Gasteiger partial charge in [-0.2, -0.15) is 10.2 Å². The number of halogens is 3. The molecule has 1 aliphatic heterocycles. The smallest absolute Gasteiger partial charge is 0.295 e. The summed E-state index contributed by atoms with van der Waals surface area (Å²) >= 11 is 5.87. The molecule has 2 heterocycles. The van der Waals surface area contributed by atoms with Crippen LogP contribution in [0, 0.1) is 11.3 Å². The molecule has 1 amide bonds. The van der Waals surface area contributed by atoms with Crippen LogP contribution >= 0.6 is 11.6 Å². The van der Waals surface area contributed by atoms with E-state index in [0.29, 0.717) is 5.02 Å². The first kappa shape index (κ1) is 17.1. The van der Waals surface area contributed by atoms with E-state index in [0.717, 1.165) is 4.68 Å². The maximum absolute atomic E-state index is 13.2. The van der Waals surface area contributed by atoms with Gasteiger partial charge in [0, 0.05) is 11.1 Å². The van der Waals surface area contributed by atoms with Gasteiger partial charge in [-0.3, -0.25) is 4.79 Å². The van der Waals surface area contributed by atoms with Gasteiger partial charge in [-0.25, -0.2) is 13.5 Å². The minimum absolute atomic E-state index is 0.112. The average molecular weight is 367 g/mol. The third-order valence-electron chi connectivity index (χ3n) is 3.76. The number of fused-ring (bicyclic) bond motifs is 1. The van der Waals surface area contributed by atoms with Crippen LogP contribution in [0.15, 0.2) is 18.2 Å². The number of carbonyl (C=O) groups is 1. The molecule has 0 radical (unpaired) electrons. The molecular formula is C15H13ClF2N6O. The number of nitrogens with zero attached hydrogens (tertiary/aromatic N) is 4. The number of hydrogen-bond donors (Lipinski definition) is 2. The number of alkyl halides is 2. The zero-order valence-corrected chi connectivity index (χ0v) is 13.8. The van der Waals surface area contributed by atoms with Gasteiger partial charge in [-0.1, -0.05) is 11.6 Å². The monoisotopic (exact) mass is 366 g/mol. The summed E-state index contributed by atoms with van der Waals surface area (Å²) in [4.78, 5) is 16.3. The van der Waals surface area contributed by atoms with E-state index in [1.54, 1.807) is 6.92 Å². The number of amides is 1. The first-order valence-electron chi connectivity index (χ1n) is 7.41. The maximum atomic E-state index is 13.2. The molecule has 0 unspecified atom stereocenters. The Hall–Kier alpha value is -2.73. The van der Waals surface area contributed by atoms with E-state index >= 15 is 0 Å². The van der Waals surface area contributed by atoms with Crippen LogP contribution in [0.25, 0.3) is 0 Å². The summed E-state index contributed by atoms with van der Waals surface area (Å²) in [5.41, 5.74) is 0.401. The molecule has 1 aromatic heterocycles. The molecule has 7 nitrogen and oxygen atoms in total. The number of aromatic nitrogens is 3. The number of nitrogens with one attached hydrogen (secondary N) is 2. The predicted molar refractivity (Wildman–Crippen MR) is 86.9 cm³/mol. The van der Waals surface area contributed by atoms with Gasteiger partial charge in [0.1, 0.15) is 12.1 Å². The molecule has 2 N–H and O–H groups in total.